The minimum Gasteiger partial charge on any atom is -0.316 e. The summed E-state index contributed by atoms with van der Waals surface area (Å²) in [7, 11) is 0. The van der Waals surface area contributed by atoms with Gasteiger partial charge in [-0.05, 0) is 51.1 Å². The molecule has 2 aliphatic rings. The van der Waals surface area contributed by atoms with Gasteiger partial charge in [0.15, 0.2) is 0 Å². The van der Waals surface area contributed by atoms with Crippen LogP contribution >= 0.6 is 11.3 Å². The van der Waals surface area contributed by atoms with Gasteiger partial charge in [-0.3, -0.25) is 0 Å². The van der Waals surface area contributed by atoms with Crippen LogP contribution < -0.4 is 10.6 Å². The van der Waals surface area contributed by atoms with Gasteiger partial charge in [-0.1, -0.05) is 13.8 Å². The number of aromatic nitrogens is 1. The first-order valence-corrected chi connectivity index (χ1v) is 8.56. The molecule has 19 heavy (non-hydrogen) atoms. The molecule has 0 saturated carbocycles. The Morgan fingerprint density at radius 3 is 3.05 bits per heavy atom. The van der Waals surface area contributed by atoms with E-state index in [1.807, 2.05) is 11.3 Å². The molecule has 1 saturated heterocycles. The SMILES string of the molecule is CCNC1(c2nc3c(s2)CCC3)CCNCC1CC. The largest absolute Gasteiger partial charge is 0.316 e. The number of rotatable bonds is 4. The van der Waals surface area contributed by atoms with Crippen LogP contribution in [0.1, 0.15) is 48.7 Å². The molecule has 106 valence electrons. The van der Waals surface area contributed by atoms with Crippen LogP contribution in [0.2, 0.25) is 0 Å². The summed E-state index contributed by atoms with van der Waals surface area (Å²) in [6.45, 7) is 7.78. The maximum absolute atomic E-state index is 5.03. The smallest absolute Gasteiger partial charge is 0.114 e. The van der Waals surface area contributed by atoms with Crippen molar-refractivity contribution in [3.05, 3.63) is 15.6 Å². The number of nitrogens with one attached hydrogen (secondary N) is 2. The van der Waals surface area contributed by atoms with Gasteiger partial charge in [-0.25, -0.2) is 4.98 Å². The second-order valence-corrected chi connectivity index (χ2v) is 6.89. The summed E-state index contributed by atoms with van der Waals surface area (Å²) in [5.41, 5.74) is 1.52. The fourth-order valence-corrected chi connectivity index (χ4v) is 5.14. The number of aryl methyl sites for hydroxylation is 2. The van der Waals surface area contributed by atoms with E-state index in [2.05, 4.69) is 24.5 Å². The monoisotopic (exact) mass is 279 g/mol. The minimum atomic E-state index is 0.129. The van der Waals surface area contributed by atoms with Crippen LogP contribution in [0, 0.1) is 5.92 Å². The molecule has 2 unspecified atom stereocenters. The summed E-state index contributed by atoms with van der Waals surface area (Å²) in [4.78, 5) is 6.59. The van der Waals surface area contributed by atoms with Gasteiger partial charge >= 0.3 is 0 Å². The normalized spacial score (nSPS) is 30.5. The predicted octanol–water partition coefficient (Wildman–Crippen LogP) is 2.46. The van der Waals surface area contributed by atoms with Crippen molar-refractivity contribution in [2.75, 3.05) is 19.6 Å². The first-order valence-electron chi connectivity index (χ1n) is 7.75. The topological polar surface area (TPSA) is 37.0 Å². The lowest BCUT2D eigenvalue weighted by atomic mass is 9.77. The van der Waals surface area contributed by atoms with Crippen molar-refractivity contribution in [3.8, 4) is 0 Å². The van der Waals surface area contributed by atoms with Gasteiger partial charge in [-0.15, -0.1) is 11.3 Å². The molecular weight excluding hydrogens is 254 g/mol. The van der Waals surface area contributed by atoms with E-state index in [1.165, 1.54) is 42.8 Å². The average Bonchev–Trinajstić information content (AvgIpc) is 3.00. The van der Waals surface area contributed by atoms with Gasteiger partial charge in [0.25, 0.3) is 0 Å². The number of nitrogens with zero attached hydrogens (tertiary/aromatic N) is 1. The van der Waals surface area contributed by atoms with Crippen molar-refractivity contribution < 1.29 is 0 Å². The van der Waals surface area contributed by atoms with Crippen LogP contribution in [0.15, 0.2) is 0 Å². The summed E-state index contributed by atoms with van der Waals surface area (Å²) in [6.07, 6.45) is 6.14. The van der Waals surface area contributed by atoms with Crippen LogP contribution in [0.4, 0.5) is 0 Å². The fraction of sp³-hybridized carbons (Fsp3) is 0.800. The maximum atomic E-state index is 5.03. The van der Waals surface area contributed by atoms with E-state index < -0.39 is 0 Å². The zero-order valence-corrected chi connectivity index (χ0v) is 12.9. The van der Waals surface area contributed by atoms with Crippen LogP contribution in [0.3, 0.4) is 0 Å². The fourth-order valence-electron chi connectivity index (χ4n) is 3.72. The molecule has 0 radical (unpaired) electrons. The lowest BCUT2D eigenvalue weighted by molar-refractivity contribution is 0.151. The molecule has 2 N–H and O–H groups in total. The van der Waals surface area contributed by atoms with Gasteiger partial charge in [0.05, 0.1) is 11.2 Å². The third-order valence-corrected chi connectivity index (χ3v) is 6.08. The van der Waals surface area contributed by atoms with Crippen molar-refractivity contribution in [2.24, 2.45) is 5.92 Å². The molecule has 1 aromatic heterocycles. The molecule has 3 rings (SSSR count). The number of fused-ring (bicyclic) bond motifs is 1. The van der Waals surface area contributed by atoms with Gasteiger partial charge in [0.1, 0.15) is 5.01 Å². The predicted molar refractivity (Wildman–Crippen MR) is 80.8 cm³/mol. The average molecular weight is 279 g/mol. The molecule has 0 aromatic carbocycles. The Kier molecular flexibility index (Phi) is 3.92. The second kappa shape index (κ2) is 5.51. The quantitative estimate of drug-likeness (QED) is 0.889. The number of hydrogen-bond acceptors (Lipinski definition) is 4. The lowest BCUT2D eigenvalue weighted by Crippen LogP contribution is -2.56. The Morgan fingerprint density at radius 1 is 1.42 bits per heavy atom. The summed E-state index contributed by atoms with van der Waals surface area (Å²) < 4.78 is 0. The second-order valence-electron chi connectivity index (χ2n) is 5.80. The highest BCUT2D eigenvalue weighted by Gasteiger charge is 2.43. The van der Waals surface area contributed by atoms with Gasteiger partial charge in [-0.2, -0.15) is 0 Å². The molecule has 1 aliphatic heterocycles. The first kappa shape index (κ1) is 13.5. The van der Waals surface area contributed by atoms with E-state index in [1.54, 1.807) is 4.88 Å². The molecule has 1 fully saturated rings. The number of hydrogen-bond donors (Lipinski definition) is 2. The molecule has 0 amide bonds. The van der Waals surface area contributed by atoms with E-state index in [9.17, 15) is 0 Å². The molecule has 0 bridgehead atoms. The molecule has 2 heterocycles. The Labute approximate surface area is 120 Å². The summed E-state index contributed by atoms with van der Waals surface area (Å²) in [5.74, 6) is 0.660. The third kappa shape index (κ3) is 2.24. The molecule has 2 atom stereocenters. The highest BCUT2D eigenvalue weighted by Crippen LogP contribution is 2.41. The Balaban J connectivity index is 1.97. The van der Waals surface area contributed by atoms with E-state index in [0.717, 1.165) is 19.6 Å². The summed E-state index contributed by atoms with van der Waals surface area (Å²) in [5, 5.41) is 8.73. The van der Waals surface area contributed by atoms with Gasteiger partial charge in [0, 0.05) is 11.4 Å². The van der Waals surface area contributed by atoms with E-state index in [4.69, 9.17) is 4.98 Å². The van der Waals surface area contributed by atoms with Crippen LogP contribution in [-0.4, -0.2) is 24.6 Å². The molecule has 1 aliphatic carbocycles. The van der Waals surface area contributed by atoms with E-state index in [0.29, 0.717) is 5.92 Å². The van der Waals surface area contributed by atoms with E-state index >= 15 is 0 Å². The van der Waals surface area contributed by atoms with Crippen molar-refractivity contribution in [1.29, 1.82) is 0 Å². The van der Waals surface area contributed by atoms with Crippen LogP contribution in [0.5, 0.6) is 0 Å². The Hall–Kier alpha value is -0.450. The first-order chi connectivity index (χ1) is 9.30. The van der Waals surface area contributed by atoms with Crippen molar-refractivity contribution >= 4 is 11.3 Å². The van der Waals surface area contributed by atoms with Crippen LogP contribution in [-0.2, 0) is 18.4 Å². The highest BCUT2D eigenvalue weighted by molar-refractivity contribution is 7.12. The zero-order valence-electron chi connectivity index (χ0n) is 12.1. The summed E-state index contributed by atoms with van der Waals surface area (Å²) in [6, 6.07) is 0. The van der Waals surface area contributed by atoms with Gasteiger partial charge < -0.3 is 10.6 Å². The molecule has 1 aromatic rings. The van der Waals surface area contributed by atoms with Gasteiger partial charge in [0.2, 0.25) is 0 Å². The Morgan fingerprint density at radius 2 is 2.32 bits per heavy atom. The van der Waals surface area contributed by atoms with Crippen LogP contribution in [0.25, 0.3) is 0 Å². The third-order valence-electron chi connectivity index (χ3n) is 4.75. The molecule has 0 spiro atoms. The standard InChI is InChI=1S/C15H25N3S/c1-3-11-10-16-9-8-15(11,17-4-2)14-18-12-6-5-7-13(12)19-14/h11,16-17H,3-10H2,1-2H3. The molecule has 3 nitrogen and oxygen atoms in total. The molecule has 4 heteroatoms. The maximum Gasteiger partial charge on any atom is 0.114 e. The lowest BCUT2D eigenvalue weighted by Gasteiger charge is -2.43. The Bertz CT molecular complexity index is 417. The minimum absolute atomic E-state index is 0.129. The molecular formula is C15H25N3S. The van der Waals surface area contributed by atoms with E-state index in [-0.39, 0.29) is 5.54 Å². The van der Waals surface area contributed by atoms with Crippen molar-refractivity contribution in [1.82, 2.24) is 15.6 Å². The summed E-state index contributed by atoms with van der Waals surface area (Å²) >= 11 is 1.99. The zero-order chi connectivity index (χ0) is 13.3. The number of thiazole rings is 1. The number of piperidine rings is 1. The highest BCUT2D eigenvalue weighted by atomic mass is 32.1. The van der Waals surface area contributed by atoms with Crippen molar-refractivity contribution in [2.45, 2.75) is 51.5 Å². The van der Waals surface area contributed by atoms with Crippen molar-refractivity contribution in [3.63, 3.8) is 0 Å².